The molecule has 1 unspecified atom stereocenters. The molecule has 1 aliphatic rings. The van der Waals surface area contributed by atoms with Gasteiger partial charge in [0.25, 0.3) is 5.91 Å². The van der Waals surface area contributed by atoms with E-state index in [9.17, 15) is 4.79 Å². The zero-order chi connectivity index (χ0) is 17.8. The Kier molecular flexibility index (Phi) is 5.70. The second-order valence-corrected chi connectivity index (χ2v) is 7.24. The second-order valence-electron chi connectivity index (χ2n) is 6.25. The molecule has 3 heterocycles. The second kappa shape index (κ2) is 7.97. The first kappa shape index (κ1) is 17.9. The number of hydrogen-bond acceptors (Lipinski definition) is 6. The zero-order valence-corrected chi connectivity index (χ0v) is 15.8. The van der Waals surface area contributed by atoms with E-state index < -0.39 is 0 Å². The van der Waals surface area contributed by atoms with Crippen LogP contribution in [0.25, 0.3) is 0 Å². The van der Waals surface area contributed by atoms with Crippen LogP contribution in [-0.2, 0) is 11.3 Å². The first-order chi connectivity index (χ1) is 12.1. The van der Waals surface area contributed by atoms with E-state index in [4.69, 9.17) is 4.74 Å². The normalized spacial score (nSPS) is 17.7. The van der Waals surface area contributed by atoms with Gasteiger partial charge in [0.1, 0.15) is 10.7 Å². The van der Waals surface area contributed by atoms with Crippen LogP contribution >= 0.6 is 11.3 Å². The number of carbonyl (C=O) groups excluding carboxylic acids is 1. The topological polar surface area (TPSA) is 72.3 Å². The molecule has 0 saturated carbocycles. The van der Waals surface area contributed by atoms with Gasteiger partial charge in [-0.05, 0) is 19.8 Å². The van der Waals surface area contributed by atoms with Gasteiger partial charge in [0.05, 0.1) is 12.3 Å². The van der Waals surface area contributed by atoms with Crippen LogP contribution < -0.4 is 5.32 Å². The highest BCUT2D eigenvalue weighted by Gasteiger charge is 2.29. The highest BCUT2D eigenvalue weighted by Crippen LogP contribution is 2.29. The summed E-state index contributed by atoms with van der Waals surface area (Å²) >= 11 is 1.42. The minimum atomic E-state index is 0.0798. The Labute approximate surface area is 152 Å². The fraction of sp³-hybridized carbons (Fsp3) is 0.588. The van der Waals surface area contributed by atoms with E-state index in [1.807, 2.05) is 31.3 Å². The number of imidazole rings is 1. The summed E-state index contributed by atoms with van der Waals surface area (Å²) in [5, 5.41) is 3.80. The van der Waals surface area contributed by atoms with Crippen molar-refractivity contribution in [3.8, 4) is 0 Å². The molecule has 0 bridgehead atoms. The van der Waals surface area contributed by atoms with E-state index in [1.165, 1.54) is 11.3 Å². The SMILES string of the molecule is CNc1nc(C)c(C(=O)N2CCCC(c3nccn3CCOC)C2)s1. The summed E-state index contributed by atoms with van der Waals surface area (Å²) in [5.41, 5.74) is 0.795. The smallest absolute Gasteiger partial charge is 0.265 e. The molecule has 0 radical (unpaired) electrons. The van der Waals surface area contributed by atoms with Crippen LogP contribution in [0.5, 0.6) is 0 Å². The minimum absolute atomic E-state index is 0.0798. The van der Waals surface area contributed by atoms with Gasteiger partial charge in [-0.1, -0.05) is 11.3 Å². The molecular weight excluding hydrogens is 338 g/mol. The average molecular weight is 363 g/mol. The molecule has 1 atom stereocenters. The predicted octanol–water partition coefficient (Wildman–Crippen LogP) is 2.36. The van der Waals surface area contributed by atoms with Crippen LogP contribution in [-0.4, -0.2) is 59.2 Å². The quantitative estimate of drug-likeness (QED) is 0.853. The lowest BCUT2D eigenvalue weighted by molar-refractivity contribution is 0.0706. The van der Waals surface area contributed by atoms with Crippen LogP contribution in [0.15, 0.2) is 12.4 Å². The first-order valence-electron chi connectivity index (χ1n) is 8.58. The van der Waals surface area contributed by atoms with Crippen LogP contribution in [0.3, 0.4) is 0 Å². The van der Waals surface area contributed by atoms with Gasteiger partial charge in [-0.15, -0.1) is 0 Å². The van der Waals surface area contributed by atoms with E-state index in [0.717, 1.165) is 47.5 Å². The summed E-state index contributed by atoms with van der Waals surface area (Å²) in [6, 6.07) is 0. The summed E-state index contributed by atoms with van der Waals surface area (Å²) < 4.78 is 7.31. The zero-order valence-electron chi connectivity index (χ0n) is 15.0. The Morgan fingerprint density at radius 2 is 2.36 bits per heavy atom. The number of carbonyl (C=O) groups is 1. The molecule has 0 aromatic carbocycles. The number of piperidine rings is 1. The van der Waals surface area contributed by atoms with Crippen molar-refractivity contribution >= 4 is 22.4 Å². The third kappa shape index (κ3) is 3.85. The maximum Gasteiger partial charge on any atom is 0.265 e. The van der Waals surface area contributed by atoms with E-state index >= 15 is 0 Å². The third-order valence-electron chi connectivity index (χ3n) is 4.56. The molecule has 2 aromatic heterocycles. The summed E-state index contributed by atoms with van der Waals surface area (Å²) in [4.78, 5) is 24.6. The molecule has 2 aromatic rings. The number of nitrogens with zero attached hydrogens (tertiary/aromatic N) is 4. The molecule has 1 amide bonds. The number of anilines is 1. The Morgan fingerprint density at radius 1 is 1.52 bits per heavy atom. The van der Waals surface area contributed by atoms with Crippen LogP contribution in [0, 0.1) is 6.92 Å². The first-order valence-corrected chi connectivity index (χ1v) is 9.40. The van der Waals surface area contributed by atoms with Crippen LogP contribution in [0.1, 0.15) is 39.9 Å². The highest BCUT2D eigenvalue weighted by atomic mass is 32.1. The largest absolute Gasteiger partial charge is 0.383 e. The summed E-state index contributed by atoms with van der Waals surface area (Å²) in [6.45, 7) is 4.83. The number of ether oxygens (including phenoxy) is 1. The lowest BCUT2D eigenvalue weighted by Crippen LogP contribution is -2.39. The van der Waals surface area contributed by atoms with Gasteiger partial charge in [-0.25, -0.2) is 9.97 Å². The minimum Gasteiger partial charge on any atom is -0.383 e. The Hall–Kier alpha value is -1.93. The summed E-state index contributed by atoms with van der Waals surface area (Å²) in [5.74, 6) is 1.39. The molecule has 3 rings (SSSR count). The number of hydrogen-bond donors (Lipinski definition) is 1. The maximum atomic E-state index is 12.9. The number of aryl methyl sites for hydroxylation is 1. The molecule has 8 heteroatoms. The average Bonchev–Trinajstić information content (AvgIpc) is 3.25. The van der Waals surface area contributed by atoms with Gasteiger partial charge in [0.15, 0.2) is 5.13 Å². The predicted molar refractivity (Wildman–Crippen MR) is 98.4 cm³/mol. The Morgan fingerprint density at radius 3 is 3.08 bits per heavy atom. The van der Waals surface area contributed by atoms with Crippen molar-refractivity contribution in [1.29, 1.82) is 0 Å². The van der Waals surface area contributed by atoms with Crippen LogP contribution in [0.2, 0.25) is 0 Å². The highest BCUT2D eigenvalue weighted by molar-refractivity contribution is 7.17. The fourth-order valence-corrected chi connectivity index (χ4v) is 4.16. The number of methoxy groups -OCH3 is 1. The number of rotatable bonds is 6. The van der Waals surface area contributed by atoms with Crippen molar-refractivity contribution in [3.05, 3.63) is 28.8 Å². The van der Waals surface area contributed by atoms with Crippen molar-refractivity contribution in [3.63, 3.8) is 0 Å². The van der Waals surface area contributed by atoms with E-state index in [1.54, 1.807) is 7.11 Å². The Balaban J connectivity index is 1.73. The fourth-order valence-electron chi connectivity index (χ4n) is 3.28. The Bertz CT molecular complexity index is 726. The van der Waals surface area contributed by atoms with E-state index in [2.05, 4.69) is 19.9 Å². The van der Waals surface area contributed by atoms with Crippen molar-refractivity contribution < 1.29 is 9.53 Å². The van der Waals surface area contributed by atoms with Gasteiger partial charge >= 0.3 is 0 Å². The molecular formula is C17H25N5O2S. The monoisotopic (exact) mass is 363 g/mol. The summed E-state index contributed by atoms with van der Waals surface area (Å²) in [6.07, 6.45) is 5.86. The number of amides is 1. The molecule has 1 saturated heterocycles. The van der Waals surface area contributed by atoms with Gasteiger partial charge in [0.2, 0.25) is 0 Å². The van der Waals surface area contributed by atoms with Crippen molar-refractivity contribution in [1.82, 2.24) is 19.4 Å². The number of aromatic nitrogens is 3. The van der Waals surface area contributed by atoms with Crippen LogP contribution in [0.4, 0.5) is 5.13 Å². The van der Waals surface area contributed by atoms with E-state index in [-0.39, 0.29) is 11.8 Å². The van der Waals surface area contributed by atoms with Gasteiger partial charge in [-0.3, -0.25) is 4.79 Å². The lowest BCUT2D eigenvalue weighted by Gasteiger charge is -2.32. The van der Waals surface area contributed by atoms with Gasteiger partial charge in [0, 0.05) is 52.1 Å². The lowest BCUT2D eigenvalue weighted by atomic mass is 9.97. The molecule has 0 aliphatic carbocycles. The molecule has 1 N–H and O–H groups in total. The molecule has 1 aliphatic heterocycles. The van der Waals surface area contributed by atoms with Crippen molar-refractivity contribution in [2.24, 2.45) is 0 Å². The molecule has 136 valence electrons. The standard InChI is InChI=1S/C17H25N5O2S/c1-12-14(25-17(18-2)20-12)16(23)22-7-4-5-13(11-22)15-19-6-8-21(15)9-10-24-3/h6,8,13H,4-5,7,9-11H2,1-3H3,(H,18,20). The molecule has 25 heavy (non-hydrogen) atoms. The molecule has 0 spiro atoms. The van der Waals surface area contributed by atoms with Gasteiger partial charge < -0.3 is 19.5 Å². The number of nitrogens with one attached hydrogen (secondary N) is 1. The van der Waals surface area contributed by atoms with E-state index in [0.29, 0.717) is 13.2 Å². The number of likely N-dealkylation sites (tertiary alicyclic amines) is 1. The summed E-state index contributed by atoms with van der Waals surface area (Å²) in [7, 11) is 3.53. The molecule has 1 fully saturated rings. The molecule has 7 nitrogen and oxygen atoms in total. The number of thiazole rings is 1. The van der Waals surface area contributed by atoms with Crippen molar-refractivity contribution in [2.45, 2.75) is 32.2 Å². The van der Waals surface area contributed by atoms with Crippen molar-refractivity contribution in [2.75, 3.05) is 39.2 Å². The van der Waals surface area contributed by atoms with Gasteiger partial charge in [-0.2, -0.15) is 0 Å². The third-order valence-corrected chi connectivity index (χ3v) is 5.73. The maximum absolute atomic E-state index is 12.9.